The summed E-state index contributed by atoms with van der Waals surface area (Å²) in [5.41, 5.74) is 1.07. The van der Waals surface area contributed by atoms with E-state index in [1.807, 2.05) is 32.0 Å². The second-order valence-electron chi connectivity index (χ2n) is 6.04. The van der Waals surface area contributed by atoms with E-state index in [0.717, 1.165) is 17.4 Å². The van der Waals surface area contributed by atoms with Gasteiger partial charge in [0.2, 0.25) is 0 Å². The third-order valence-corrected chi connectivity index (χ3v) is 4.08. The molecular formula is C16H24ClN3O. The van der Waals surface area contributed by atoms with Crippen molar-refractivity contribution in [3.8, 4) is 0 Å². The van der Waals surface area contributed by atoms with Crippen LogP contribution in [0.1, 0.15) is 31.7 Å². The zero-order valence-corrected chi connectivity index (χ0v) is 13.9. The molecule has 5 heteroatoms. The van der Waals surface area contributed by atoms with E-state index in [4.69, 9.17) is 16.3 Å². The van der Waals surface area contributed by atoms with Gasteiger partial charge in [0, 0.05) is 37.7 Å². The van der Waals surface area contributed by atoms with E-state index in [9.17, 15) is 0 Å². The Morgan fingerprint density at radius 2 is 2.24 bits per heavy atom. The largest absolute Gasteiger partial charge is 0.377 e. The first-order valence-electron chi connectivity index (χ1n) is 7.23. The van der Waals surface area contributed by atoms with E-state index in [1.54, 1.807) is 14.2 Å². The molecule has 2 atom stereocenters. The Morgan fingerprint density at radius 3 is 2.86 bits per heavy atom. The summed E-state index contributed by atoms with van der Waals surface area (Å²) >= 11 is 6.04. The van der Waals surface area contributed by atoms with Crippen LogP contribution in [0.4, 0.5) is 0 Å². The fourth-order valence-corrected chi connectivity index (χ4v) is 2.40. The third-order valence-electron chi connectivity index (χ3n) is 3.85. The van der Waals surface area contributed by atoms with Crippen molar-refractivity contribution in [2.75, 3.05) is 20.7 Å². The summed E-state index contributed by atoms with van der Waals surface area (Å²) < 4.78 is 5.40. The van der Waals surface area contributed by atoms with Crippen molar-refractivity contribution in [3.63, 3.8) is 0 Å². The number of nitrogens with one attached hydrogen (secondary N) is 2. The van der Waals surface area contributed by atoms with Gasteiger partial charge in [0.15, 0.2) is 5.96 Å². The number of nitrogens with zero attached hydrogens (tertiary/aromatic N) is 1. The molecule has 2 N–H and O–H groups in total. The minimum atomic E-state index is -0.215. The highest BCUT2D eigenvalue weighted by Gasteiger charge is 2.39. The quantitative estimate of drug-likeness (QED) is 0.649. The van der Waals surface area contributed by atoms with Gasteiger partial charge in [0.25, 0.3) is 0 Å². The van der Waals surface area contributed by atoms with Gasteiger partial charge in [-0.05, 0) is 38.0 Å². The molecule has 1 aromatic rings. The Kier molecular flexibility index (Phi) is 5.12. The van der Waals surface area contributed by atoms with E-state index in [-0.39, 0.29) is 5.60 Å². The van der Waals surface area contributed by atoms with Gasteiger partial charge in [-0.15, -0.1) is 0 Å². The Balaban J connectivity index is 1.85. The van der Waals surface area contributed by atoms with Crippen molar-refractivity contribution < 1.29 is 4.74 Å². The topological polar surface area (TPSA) is 45.7 Å². The smallest absolute Gasteiger partial charge is 0.191 e. The molecular weight excluding hydrogens is 286 g/mol. The van der Waals surface area contributed by atoms with Crippen LogP contribution >= 0.6 is 11.6 Å². The molecule has 1 saturated carbocycles. The SMILES string of the molecule is CN=C(NCC(C)(C)OC)NC1CC1c1cccc(Cl)c1. The predicted molar refractivity (Wildman–Crippen MR) is 88.2 cm³/mol. The van der Waals surface area contributed by atoms with E-state index in [0.29, 0.717) is 18.5 Å². The number of rotatable bonds is 5. The lowest BCUT2D eigenvalue weighted by Crippen LogP contribution is -2.46. The molecule has 2 unspecified atom stereocenters. The summed E-state index contributed by atoms with van der Waals surface area (Å²) in [7, 11) is 3.50. The molecule has 2 rings (SSSR count). The maximum absolute atomic E-state index is 6.04. The van der Waals surface area contributed by atoms with Crippen LogP contribution < -0.4 is 10.6 Å². The number of benzene rings is 1. The fourth-order valence-electron chi connectivity index (χ4n) is 2.20. The molecule has 4 nitrogen and oxygen atoms in total. The molecule has 1 aliphatic rings. The van der Waals surface area contributed by atoms with Crippen molar-refractivity contribution in [1.82, 2.24) is 10.6 Å². The summed E-state index contributed by atoms with van der Waals surface area (Å²) in [5.74, 6) is 1.33. The normalized spacial score (nSPS) is 22.0. The van der Waals surface area contributed by atoms with Gasteiger partial charge in [0.05, 0.1) is 5.60 Å². The average molecular weight is 310 g/mol. The van der Waals surface area contributed by atoms with E-state index < -0.39 is 0 Å². The fraction of sp³-hybridized carbons (Fsp3) is 0.562. The first-order valence-corrected chi connectivity index (χ1v) is 7.61. The highest BCUT2D eigenvalue weighted by molar-refractivity contribution is 6.30. The Hall–Kier alpha value is -1.26. The Morgan fingerprint density at radius 1 is 1.48 bits per heavy atom. The van der Waals surface area contributed by atoms with Crippen LogP contribution in [0.5, 0.6) is 0 Å². The van der Waals surface area contributed by atoms with Crippen molar-refractivity contribution in [1.29, 1.82) is 0 Å². The lowest BCUT2D eigenvalue weighted by molar-refractivity contribution is 0.0268. The van der Waals surface area contributed by atoms with E-state index >= 15 is 0 Å². The molecule has 21 heavy (non-hydrogen) atoms. The molecule has 0 amide bonds. The summed E-state index contributed by atoms with van der Waals surface area (Å²) in [6.45, 7) is 4.79. The minimum Gasteiger partial charge on any atom is -0.377 e. The molecule has 1 aromatic carbocycles. The molecule has 116 valence electrons. The van der Waals surface area contributed by atoms with Gasteiger partial charge in [-0.25, -0.2) is 0 Å². The lowest BCUT2D eigenvalue weighted by Gasteiger charge is -2.24. The van der Waals surface area contributed by atoms with Crippen LogP contribution in [0.2, 0.25) is 5.02 Å². The zero-order chi connectivity index (χ0) is 15.5. The van der Waals surface area contributed by atoms with Gasteiger partial charge < -0.3 is 15.4 Å². The van der Waals surface area contributed by atoms with Crippen molar-refractivity contribution in [3.05, 3.63) is 34.9 Å². The monoisotopic (exact) mass is 309 g/mol. The highest BCUT2D eigenvalue weighted by atomic mass is 35.5. The molecule has 0 heterocycles. The first kappa shape index (κ1) is 16.1. The number of halogens is 1. The van der Waals surface area contributed by atoms with Crippen LogP contribution in [-0.4, -0.2) is 38.3 Å². The standard InChI is InChI=1S/C16H24ClN3O/c1-16(2,21-4)10-19-15(18-3)20-14-9-13(14)11-6-5-7-12(17)8-11/h5-8,13-14H,9-10H2,1-4H3,(H2,18,19,20). The van der Waals surface area contributed by atoms with Crippen LogP contribution in [0.3, 0.4) is 0 Å². The van der Waals surface area contributed by atoms with Gasteiger partial charge in [-0.1, -0.05) is 23.7 Å². The average Bonchev–Trinajstić information content (AvgIpc) is 3.23. The molecule has 0 aliphatic heterocycles. The second kappa shape index (κ2) is 6.67. The first-order chi connectivity index (χ1) is 9.95. The minimum absolute atomic E-state index is 0.215. The number of aliphatic imine (C=N–C) groups is 1. The molecule has 1 aliphatic carbocycles. The van der Waals surface area contributed by atoms with Gasteiger partial charge >= 0.3 is 0 Å². The molecule has 0 radical (unpaired) electrons. The molecule has 1 fully saturated rings. The maximum Gasteiger partial charge on any atom is 0.191 e. The van der Waals surface area contributed by atoms with Crippen LogP contribution in [0.15, 0.2) is 29.3 Å². The summed E-state index contributed by atoms with van der Waals surface area (Å²) in [6.07, 6.45) is 1.11. The Labute approximate surface area is 131 Å². The van der Waals surface area contributed by atoms with Crippen LogP contribution in [0, 0.1) is 0 Å². The van der Waals surface area contributed by atoms with E-state index in [1.165, 1.54) is 5.56 Å². The van der Waals surface area contributed by atoms with Crippen LogP contribution in [0.25, 0.3) is 0 Å². The summed E-state index contributed by atoms with van der Waals surface area (Å²) in [4.78, 5) is 4.26. The van der Waals surface area contributed by atoms with Gasteiger partial charge in [-0.2, -0.15) is 0 Å². The van der Waals surface area contributed by atoms with Gasteiger partial charge in [-0.3, -0.25) is 4.99 Å². The second-order valence-corrected chi connectivity index (χ2v) is 6.47. The van der Waals surface area contributed by atoms with Crippen molar-refractivity contribution in [2.45, 2.75) is 37.8 Å². The maximum atomic E-state index is 6.04. The highest BCUT2D eigenvalue weighted by Crippen LogP contribution is 2.41. The molecule has 0 bridgehead atoms. The molecule has 0 aromatic heterocycles. The number of hydrogen-bond acceptors (Lipinski definition) is 2. The van der Waals surface area contributed by atoms with Crippen LogP contribution in [-0.2, 0) is 4.74 Å². The lowest BCUT2D eigenvalue weighted by atomic mass is 10.1. The summed E-state index contributed by atoms with van der Waals surface area (Å²) in [6, 6.07) is 8.49. The van der Waals surface area contributed by atoms with Gasteiger partial charge in [0.1, 0.15) is 0 Å². The predicted octanol–water partition coefficient (Wildman–Crippen LogP) is 2.79. The zero-order valence-electron chi connectivity index (χ0n) is 13.1. The summed E-state index contributed by atoms with van der Waals surface area (Å²) in [5, 5.41) is 7.54. The molecule has 0 saturated heterocycles. The number of guanidine groups is 1. The van der Waals surface area contributed by atoms with Crippen molar-refractivity contribution in [2.24, 2.45) is 4.99 Å². The number of methoxy groups -OCH3 is 1. The van der Waals surface area contributed by atoms with E-state index in [2.05, 4.69) is 21.7 Å². The van der Waals surface area contributed by atoms with Crippen molar-refractivity contribution >= 4 is 17.6 Å². The third kappa shape index (κ3) is 4.61. The molecule has 0 spiro atoms. The number of hydrogen-bond donors (Lipinski definition) is 2. The number of ether oxygens (including phenoxy) is 1. The Bertz CT molecular complexity index is 516.